The first kappa shape index (κ1) is 26.8. The third-order valence-corrected chi connectivity index (χ3v) is 7.84. The van der Waals surface area contributed by atoms with Gasteiger partial charge in [0.15, 0.2) is 0 Å². The van der Waals surface area contributed by atoms with Crippen LogP contribution in [-0.2, 0) is 0 Å². The van der Waals surface area contributed by atoms with Gasteiger partial charge in [-0.1, -0.05) is 48.7 Å². The molecule has 2 saturated heterocycles. The lowest BCUT2D eigenvalue weighted by molar-refractivity contribution is -0.0220. The second kappa shape index (κ2) is 11.4. The molecular weight excluding hydrogens is 509 g/mol. The van der Waals surface area contributed by atoms with Crippen molar-refractivity contribution < 1.29 is 18.7 Å². The van der Waals surface area contributed by atoms with Crippen molar-refractivity contribution in [3.05, 3.63) is 52.5 Å². The van der Waals surface area contributed by atoms with Crippen LogP contribution < -0.4 is 14.7 Å². The van der Waals surface area contributed by atoms with E-state index in [0.29, 0.717) is 48.3 Å². The number of carbonyl (C=O) groups is 1. The maximum absolute atomic E-state index is 13.6. The summed E-state index contributed by atoms with van der Waals surface area (Å²) in [5.74, 6) is -2.63. The molecule has 2 aliphatic heterocycles. The van der Waals surface area contributed by atoms with E-state index in [9.17, 15) is 18.7 Å². The summed E-state index contributed by atoms with van der Waals surface area (Å²) in [4.78, 5) is 20.2. The molecule has 0 aromatic heterocycles. The Morgan fingerprint density at radius 3 is 2.33 bits per heavy atom. The van der Waals surface area contributed by atoms with Gasteiger partial charge in [-0.15, -0.1) is 0 Å². The van der Waals surface area contributed by atoms with Crippen LogP contribution in [0.2, 0.25) is 10.0 Å². The lowest BCUT2D eigenvalue weighted by Crippen LogP contribution is -2.57. The van der Waals surface area contributed by atoms with Crippen LogP contribution in [0, 0.1) is 0 Å². The van der Waals surface area contributed by atoms with Gasteiger partial charge in [-0.25, -0.2) is 13.6 Å². The van der Waals surface area contributed by atoms with Gasteiger partial charge in [0.05, 0.1) is 27.6 Å². The molecule has 0 bridgehead atoms. The molecule has 6 nitrogen and oxygen atoms in total. The summed E-state index contributed by atoms with van der Waals surface area (Å²) in [5.41, 5.74) is 2.20. The van der Waals surface area contributed by atoms with Crippen LogP contribution in [-0.4, -0.2) is 67.5 Å². The van der Waals surface area contributed by atoms with E-state index in [0.717, 1.165) is 17.8 Å². The third-order valence-electron chi connectivity index (χ3n) is 7.03. The third kappa shape index (κ3) is 5.98. The fraction of sp³-hybridized carbons (Fsp3) is 0.500. The number of amides is 1. The second-order valence-electron chi connectivity index (χ2n) is 9.38. The fourth-order valence-corrected chi connectivity index (χ4v) is 5.49. The quantitative estimate of drug-likeness (QED) is 0.425. The van der Waals surface area contributed by atoms with Gasteiger partial charge in [0, 0.05) is 57.8 Å². The smallest absolute Gasteiger partial charge is 0.413 e. The number of nitrogens with zero attached hydrogens (tertiary/aromatic N) is 4. The average molecular weight is 541 g/mol. The molecule has 0 spiro atoms. The van der Waals surface area contributed by atoms with Crippen molar-refractivity contribution in [3.63, 3.8) is 0 Å². The summed E-state index contributed by atoms with van der Waals surface area (Å²) in [5, 5.41) is 11.3. The van der Waals surface area contributed by atoms with E-state index in [1.165, 1.54) is 4.90 Å². The zero-order chi connectivity index (χ0) is 25.9. The summed E-state index contributed by atoms with van der Waals surface area (Å²) < 4.78 is 27.3. The molecule has 4 rings (SSSR count). The molecule has 1 atom stereocenters. The van der Waals surface area contributed by atoms with Crippen LogP contribution in [0.5, 0.6) is 0 Å². The number of anilines is 3. The number of piperidine rings is 1. The molecule has 1 unspecified atom stereocenters. The van der Waals surface area contributed by atoms with Crippen molar-refractivity contribution in [2.24, 2.45) is 0 Å². The highest BCUT2D eigenvalue weighted by atomic mass is 35.5. The molecule has 36 heavy (non-hydrogen) atoms. The highest BCUT2D eigenvalue weighted by molar-refractivity contribution is 6.43. The van der Waals surface area contributed by atoms with Crippen molar-refractivity contribution in [2.45, 2.75) is 44.7 Å². The Labute approximate surface area is 221 Å². The van der Waals surface area contributed by atoms with E-state index >= 15 is 0 Å². The first-order chi connectivity index (χ1) is 17.2. The average Bonchev–Trinajstić information content (AvgIpc) is 2.85. The molecule has 196 valence electrons. The van der Waals surface area contributed by atoms with Crippen molar-refractivity contribution >= 4 is 46.4 Å². The van der Waals surface area contributed by atoms with E-state index in [1.807, 2.05) is 36.1 Å². The molecule has 0 saturated carbocycles. The molecule has 0 radical (unpaired) electrons. The molecule has 10 heteroatoms. The standard InChI is InChI=1S/C26H32Cl2F2N4O2/c1-2-5-23(33-16-14-32(15-17-33)22-9-4-8-21(27)24(22)28)34(25(35)36)20-7-3-6-19(18-20)31-12-10-26(29,30)11-13-31/h3-4,6-9,18,23H,2,5,10-17H2,1H3,(H,35,36). The minimum absolute atomic E-state index is 0.195. The zero-order valence-corrected chi connectivity index (χ0v) is 21.9. The Hall–Kier alpha value is -2.29. The number of rotatable bonds is 7. The lowest BCUT2D eigenvalue weighted by Gasteiger charge is -2.44. The van der Waals surface area contributed by atoms with E-state index in [-0.39, 0.29) is 32.1 Å². The number of benzene rings is 2. The van der Waals surface area contributed by atoms with Gasteiger partial charge < -0.3 is 14.9 Å². The monoisotopic (exact) mass is 540 g/mol. The predicted octanol–water partition coefficient (Wildman–Crippen LogP) is 6.66. The summed E-state index contributed by atoms with van der Waals surface area (Å²) in [7, 11) is 0. The number of piperazine rings is 1. The van der Waals surface area contributed by atoms with Gasteiger partial charge in [-0.2, -0.15) is 0 Å². The number of hydrogen-bond acceptors (Lipinski definition) is 4. The molecule has 2 aliphatic rings. The first-order valence-corrected chi connectivity index (χ1v) is 13.1. The Morgan fingerprint density at radius 1 is 1.03 bits per heavy atom. The highest BCUT2D eigenvalue weighted by Crippen LogP contribution is 2.35. The summed E-state index contributed by atoms with van der Waals surface area (Å²) in [6.07, 6.45) is -0.278. The van der Waals surface area contributed by atoms with Crippen molar-refractivity contribution in [1.29, 1.82) is 0 Å². The maximum Gasteiger partial charge on any atom is 0.413 e. The van der Waals surface area contributed by atoms with E-state index in [1.54, 1.807) is 18.2 Å². The Morgan fingerprint density at radius 2 is 1.69 bits per heavy atom. The number of carboxylic acid groups (broad SMARTS) is 1. The van der Waals surface area contributed by atoms with Crippen molar-refractivity contribution in [1.82, 2.24) is 4.90 Å². The molecule has 2 heterocycles. The van der Waals surface area contributed by atoms with E-state index in [4.69, 9.17) is 23.2 Å². The van der Waals surface area contributed by atoms with Crippen LogP contribution in [0.4, 0.5) is 30.6 Å². The highest BCUT2D eigenvalue weighted by Gasteiger charge is 2.35. The van der Waals surface area contributed by atoms with E-state index < -0.39 is 12.0 Å². The van der Waals surface area contributed by atoms with Crippen molar-refractivity contribution in [2.75, 3.05) is 54.0 Å². The van der Waals surface area contributed by atoms with Gasteiger partial charge in [-0.3, -0.25) is 9.80 Å². The zero-order valence-electron chi connectivity index (χ0n) is 20.3. The van der Waals surface area contributed by atoms with E-state index in [2.05, 4.69) is 9.80 Å². The SMILES string of the molecule is CCCC(N1CCN(c2cccc(Cl)c2Cl)CC1)N(C(=O)O)c1cccc(N2CCC(F)(F)CC2)c1. The number of hydrogen-bond donors (Lipinski definition) is 1. The summed E-state index contributed by atoms with van der Waals surface area (Å²) >= 11 is 12.6. The van der Waals surface area contributed by atoms with Crippen LogP contribution in [0.3, 0.4) is 0 Å². The van der Waals surface area contributed by atoms with Crippen LogP contribution in [0.25, 0.3) is 0 Å². The maximum atomic E-state index is 13.6. The van der Waals surface area contributed by atoms with Gasteiger partial charge >= 0.3 is 6.09 Å². The molecule has 1 N–H and O–H groups in total. The molecule has 2 fully saturated rings. The lowest BCUT2D eigenvalue weighted by atomic mass is 10.1. The second-order valence-corrected chi connectivity index (χ2v) is 10.2. The molecule has 2 aromatic rings. The Bertz CT molecular complexity index is 1060. The molecule has 2 aromatic carbocycles. The Kier molecular flexibility index (Phi) is 8.48. The molecular formula is C26H32Cl2F2N4O2. The van der Waals surface area contributed by atoms with Gasteiger partial charge in [0.2, 0.25) is 0 Å². The molecule has 0 aliphatic carbocycles. The Balaban J connectivity index is 1.52. The van der Waals surface area contributed by atoms with Crippen LogP contribution in [0.1, 0.15) is 32.6 Å². The van der Waals surface area contributed by atoms with Crippen molar-refractivity contribution in [3.8, 4) is 0 Å². The number of alkyl halides is 2. The minimum Gasteiger partial charge on any atom is -0.465 e. The first-order valence-electron chi connectivity index (χ1n) is 12.4. The fourth-order valence-electron chi connectivity index (χ4n) is 5.07. The van der Waals surface area contributed by atoms with Crippen LogP contribution in [0.15, 0.2) is 42.5 Å². The molecule has 1 amide bonds. The topological polar surface area (TPSA) is 50.3 Å². The van der Waals surface area contributed by atoms with Gasteiger partial charge in [0.25, 0.3) is 5.92 Å². The van der Waals surface area contributed by atoms with Crippen LogP contribution >= 0.6 is 23.2 Å². The largest absolute Gasteiger partial charge is 0.465 e. The predicted molar refractivity (Wildman–Crippen MR) is 142 cm³/mol. The normalized spacial score (nSPS) is 19.2. The van der Waals surface area contributed by atoms with Gasteiger partial charge in [0.1, 0.15) is 0 Å². The number of halogens is 4. The summed E-state index contributed by atoms with van der Waals surface area (Å²) in [6, 6.07) is 12.8. The van der Waals surface area contributed by atoms with Gasteiger partial charge in [-0.05, 0) is 36.8 Å². The minimum atomic E-state index is -2.63. The summed E-state index contributed by atoms with van der Waals surface area (Å²) in [6.45, 7) is 5.24.